The average molecular weight is 249 g/mol. The highest BCUT2D eigenvalue weighted by Crippen LogP contribution is 2.03. The molecule has 0 radical (unpaired) electrons. The Bertz CT molecular complexity index is 265. The molecule has 1 N–H and O–H groups in total. The highest BCUT2D eigenvalue weighted by atomic mass is 32.2. The first-order chi connectivity index (χ1) is 7.27. The number of sulfone groups is 1. The standard InChI is InChI=1S/C12H27NO2S/c1-5-6-7-10-16(14,15)11-8-9-13-12(2,3)4/h13H,5-11H2,1-4H3. The summed E-state index contributed by atoms with van der Waals surface area (Å²) in [5, 5.41) is 3.30. The van der Waals surface area contributed by atoms with Gasteiger partial charge < -0.3 is 5.32 Å². The fraction of sp³-hybridized carbons (Fsp3) is 1.00. The van der Waals surface area contributed by atoms with Crippen LogP contribution >= 0.6 is 0 Å². The summed E-state index contributed by atoms with van der Waals surface area (Å²) < 4.78 is 23.2. The summed E-state index contributed by atoms with van der Waals surface area (Å²) in [7, 11) is -2.81. The first-order valence-electron chi connectivity index (χ1n) is 6.22. The summed E-state index contributed by atoms with van der Waals surface area (Å²) in [6.45, 7) is 9.12. The normalized spacial score (nSPS) is 13.0. The maximum absolute atomic E-state index is 11.6. The molecule has 0 unspecified atom stereocenters. The van der Waals surface area contributed by atoms with Crippen LogP contribution in [0.15, 0.2) is 0 Å². The zero-order chi connectivity index (χ0) is 12.7. The lowest BCUT2D eigenvalue weighted by Crippen LogP contribution is -2.37. The lowest BCUT2D eigenvalue weighted by atomic mass is 10.1. The lowest BCUT2D eigenvalue weighted by Gasteiger charge is -2.20. The van der Waals surface area contributed by atoms with Crippen molar-refractivity contribution in [2.24, 2.45) is 0 Å². The smallest absolute Gasteiger partial charge is 0.150 e. The van der Waals surface area contributed by atoms with E-state index in [1.807, 2.05) is 0 Å². The minimum Gasteiger partial charge on any atom is -0.312 e. The molecule has 0 aliphatic rings. The molecule has 0 spiro atoms. The molecule has 0 bridgehead atoms. The Morgan fingerprint density at radius 3 is 2.06 bits per heavy atom. The molecule has 0 fully saturated rings. The Balaban J connectivity index is 3.67. The molecule has 98 valence electrons. The van der Waals surface area contributed by atoms with Crippen LogP contribution < -0.4 is 5.32 Å². The van der Waals surface area contributed by atoms with Gasteiger partial charge in [-0.05, 0) is 40.2 Å². The van der Waals surface area contributed by atoms with Crippen LogP contribution in [0.4, 0.5) is 0 Å². The van der Waals surface area contributed by atoms with Crippen LogP contribution in [0.1, 0.15) is 53.4 Å². The summed E-state index contributed by atoms with van der Waals surface area (Å²) in [4.78, 5) is 0. The van der Waals surface area contributed by atoms with Crippen molar-refractivity contribution >= 4 is 9.84 Å². The Morgan fingerprint density at radius 2 is 1.56 bits per heavy atom. The van der Waals surface area contributed by atoms with E-state index in [0.717, 1.165) is 25.8 Å². The second-order valence-corrected chi connectivity index (χ2v) is 7.69. The number of nitrogens with one attached hydrogen (secondary N) is 1. The van der Waals surface area contributed by atoms with Gasteiger partial charge in [0.05, 0.1) is 11.5 Å². The van der Waals surface area contributed by atoms with Crippen LogP contribution in [-0.2, 0) is 9.84 Å². The van der Waals surface area contributed by atoms with E-state index in [4.69, 9.17) is 0 Å². The number of rotatable bonds is 8. The highest BCUT2D eigenvalue weighted by Gasteiger charge is 2.12. The van der Waals surface area contributed by atoms with Gasteiger partial charge in [-0.3, -0.25) is 0 Å². The van der Waals surface area contributed by atoms with Gasteiger partial charge in [-0.15, -0.1) is 0 Å². The fourth-order valence-corrected chi connectivity index (χ4v) is 2.86. The molecule has 0 atom stereocenters. The van der Waals surface area contributed by atoms with Crippen molar-refractivity contribution in [2.75, 3.05) is 18.1 Å². The van der Waals surface area contributed by atoms with E-state index in [1.165, 1.54) is 0 Å². The second kappa shape index (κ2) is 7.28. The maximum atomic E-state index is 11.6. The molecule has 0 aliphatic carbocycles. The minimum absolute atomic E-state index is 0.0754. The van der Waals surface area contributed by atoms with Crippen molar-refractivity contribution in [2.45, 2.75) is 58.9 Å². The molecule has 3 nitrogen and oxygen atoms in total. The average Bonchev–Trinajstić information content (AvgIpc) is 2.11. The van der Waals surface area contributed by atoms with E-state index in [-0.39, 0.29) is 5.54 Å². The van der Waals surface area contributed by atoms with Crippen LogP contribution in [0.3, 0.4) is 0 Å². The monoisotopic (exact) mass is 249 g/mol. The molecule has 0 aromatic carbocycles. The lowest BCUT2D eigenvalue weighted by molar-refractivity contribution is 0.426. The van der Waals surface area contributed by atoms with E-state index in [9.17, 15) is 8.42 Å². The zero-order valence-corrected chi connectivity index (χ0v) is 12.0. The van der Waals surface area contributed by atoms with Crippen LogP contribution in [0.25, 0.3) is 0 Å². The van der Waals surface area contributed by atoms with Crippen molar-refractivity contribution in [1.29, 1.82) is 0 Å². The molecule has 0 aromatic rings. The van der Waals surface area contributed by atoms with Gasteiger partial charge in [-0.1, -0.05) is 19.8 Å². The Labute approximate surface area is 101 Å². The minimum atomic E-state index is -2.81. The highest BCUT2D eigenvalue weighted by molar-refractivity contribution is 7.91. The van der Waals surface area contributed by atoms with Gasteiger partial charge in [0, 0.05) is 5.54 Å². The van der Waals surface area contributed by atoms with Crippen molar-refractivity contribution in [3.05, 3.63) is 0 Å². The molecule has 0 amide bonds. The van der Waals surface area contributed by atoms with Crippen LogP contribution in [0.5, 0.6) is 0 Å². The Morgan fingerprint density at radius 1 is 1.00 bits per heavy atom. The van der Waals surface area contributed by atoms with E-state index >= 15 is 0 Å². The van der Waals surface area contributed by atoms with Gasteiger partial charge in [0.15, 0.2) is 0 Å². The van der Waals surface area contributed by atoms with E-state index in [2.05, 4.69) is 33.0 Å². The van der Waals surface area contributed by atoms with Gasteiger partial charge in [0.25, 0.3) is 0 Å². The molecular formula is C12H27NO2S. The predicted octanol–water partition coefficient (Wildman–Crippen LogP) is 2.37. The third-order valence-electron chi connectivity index (χ3n) is 2.35. The summed E-state index contributed by atoms with van der Waals surface area (Å²) in [6.07, 6.45) is 3.61. The van der Waals surface area contributed by atoms with Gasteiger partial charge >= 0.3 is 0 Å². The zero-order valence-electron chi connectivity index (χ0n) is 11.2. The second-order valence-electron chi connectivity index (χ2n) is 5.39. The van der Waals surface area contributed by atoms with Crippen LogP contribution in [0, 0.1) is 0 Å². The van der Waals surface area contributed by atoms with Crippen molar-refractivity contribution in [3.63, 3.8) is 0 Å². The first-order valence-corrected chi connectivity index (χ1v) is 8.04. The van der Waals surface area contributed by atoms with Crippen LogP contribution in [0.2, 0.25) is 0 Å². The van der Waals surface area contributed by atoms with E-state index < -0.39 is 9.84 Å². The topological polar surface area (TPSA) is 46.2 Å². The third kappa shape index (κ3) is 10.4. The summed E-state index contributed by atoms with van der Waals surface area (Å²) in [6, 6.07) is 0. The molecule has 4 heteroatoms. The van der Waals surface area contributed by atoms with E-state index in [1.54, 1.807) is 0 Å². The van der Waals surface area contributed by atoms with Gasteiger partial charge in [0.1, 0.15) is 9.84 Å². The molecule has 0 aromatic heterocycles. The molecule has 0 heterocycles. The van der Waals surface area contributed by atoms with Crippen molar-refractivity contribution in [3.8, 4) is 0 Å². The predicted molar refractivity (Wildman–Crippen MR) is 70.6 cm³/mol. The fourth-order valence-electron chi connectivity index (χ4n) is 1.43. The third-order valence-corrected chi connectivity index (χ3v) is 4.17. The number of hydrogen-bond donors (Lipinski definition) is 1. The molecular weight excluding hydrogens is 222 g/mol. The van der Waals surface area contributed by atoms with Gasteiger partial charge in [-0.25, -0.2) is 8.42 Å². The quantitative estimate of drug-likeness (QED) is 0.672. The number of hydrogen-bond acceptors (Lipinski definition) is 3. The largest absolute Gasteiger partial charge is 0.312 e. The Kier molecular flexibility index (Phi) is 7.24. The molecule has 0 saturated heterocycles. The summed E-state index contributed by atoms with van der Waals surface area (Å²) in [5.74, 6) is 0.677. The Hall–Kier alpha value is -0.0900. The SMILES string of the molecule is CCCCCS(=O)(=O)CCCNC(C)(C)C. The van der Waals surface area contributed by atoms with Gasteiger partial charge in [0.2, 0.25) is 0 Å². The van der Waals surface area contributed by atoms with Crippen LogP contribution in [-0.4, -0.2) is 32.0 Å². The van der Waals surface area contributed by atoms with Gasteiger partial charge in [-0.2, -0.15) is 0 Å². The van der Waals surface area contributed by atoms with Crippen molar-refractivity contribution < 1.29 is 8.42 Å². The molecule has 0 saturated carbocycles. The van der Waals surface area contributed by atoms with E-state index in [0.29, 0.717) is 17.9 Å². The molecule has 16 heavy (non-hydrogen) atoms. The maximum Gasteiger partial charge on any atom is 0.150 e. The molecule has 0 aliphatic heterocycles. The first kappa shape index (κ1) is 15.9. The summed E-state index contributed by atoms with van der Waals surface area (Å²) in [5.41, 5.74) is 0.0754. The summed E-state index contributed by atoms with van der Waals surface area (Å²) >= 11 is 0. The molecule has 0 rings (SSSR count). The van der Waals surface area contributed by atoms with Crippen molar-refractivity contribution in [1.82, 2.24) is 5.32 Å². The number of unbranched alkanes of at least 4 members (excludes halogenated alkanes) is 2.